The molecule has 0 saturated heterocycles. The Labute approximate surface area is 1070 Å². The maximum atomic E-state index is 14.0. The zero-order valence-electron chi connectivity index (χ0n) is 48.4. The van der Waals surface area contributed by atoms with Gasteiger partial charge < -0.3 is 14.6 Å². The molecule has 0 amide bonds. The van der Waals surface area contributed by atoms with Crippen molar-refractivity contribution in [1.29, 1.82) is 0 Å². The number of nitro groups is 1. The molecule has 2 aromatic carbocycles. The van der Waals surface area contributed by atoms with Crippen molar-refractivity contribution >= 4 is 982 Å². The van der Waals surface area contributed by atoms with Gasteiger partial charge in [0.05, 0.1) is 23.4 Å². The van der Waals surface area contributed by atoms with Crippen LogP contribution in [0.2, 0.25) is 0 Å². The number of aryl methyl sites for hydroxylation is 1. The van der Waals surface area contributed by atoms with E-state index in [9.17, 15) is 19.3 Å². The summed E-state index contributed by atoms with van der Waals surface area (Å²) in [6.07, 6.45) is 5.50. The van der Waals surface area contributed by atoms with Gasteiger partial charge in [0.15, 0.2) is 0 Å². The van der Waals surface area contributed by atoms with E-state index in [-0.39, 0.29) is 17.2 Å². The quantitative estimate of drug-likeness (QED) is 0.0888. The van der Waals surface area contributed by atoms with Crippen molar-refractivity contribution in [2.45, 2.75) is 25.8 Å². The number of aromatic nitrogens is 3. The number of benzene rings is 2. The third-order valence-electron chi connectivity index (χ3n) is 5.87. The van der Waals surface area contributed by atoms with Crippen LogP contribution in [0.25, 0.3) is 22.2 Å². The van der Waals surface area contributed by atoms with Crippen LogP contribution < -0.4 is 5.32 Å². The summed E-state index contributed by atoms with van der Waals surface area (Å²) in [6.45, 7) is 1.61. The fourth-order valence-electron chi connectivity index (χ4n) is 4.01. The fraction of sp³-hybridized carbons (Fsp3) is 0.208. The Balaban J connectivity index is -0.0000000888. The van der Waals surface area contributed by atoms with Crippen LogP contribution in [0.1, 0.15) is 34.8 Å². The standard InChI is InChI=1S/C24H20FN5O4.30K/c1-13-9-18(25)21(30(32)33)10-19(13)27-24-26-11-16(23(31)34-2)22(28-24)17-12-29(14-7-8-14)20-6-4-3-5-15(17)20;;;;;;;;;;;;;;;;;;;;;;;;;;;;;;/h3-6,9-12,14H,7-8H2,1-2H3,(H,26,27,28);;;;;;;;;;;;;;;;;;;;;;;;;;;;;;. The molecule has 2 aromatic heterocycles. The van der Waals surface area contributed by atoms with Gasteiger partial charge in [-0.3, -0.25) is 10.1 Å². The predicted molar refractivity (Wildman–Crippen MR) is 296 cm³/mol. The number of hydrogen-bond donors (Lipinski definition) is 1. The van der Waals surface area contributed by atoms with Crippen molar-refractivity contribution in [3.8, 4) is 11.3 Å². The topological polar surface area (TPSA) is 112 Å². The SMILES string of the molecule is COC(=O)c1cnc(Nc2cc([N+](=O)[O-])c(F)cc2C)nc1-c1cn(C2CC2)c2ccccc12.[K][K].[K][K].[K][K].[K][K].[K][K].[K][K].[K][K].[K][K].[K][K].[K][K].[K][K].[K][K].[K][K].[K][K].[K][K]. The first-order valence-electron chi connectivity index (χ1n) is 25.6. The number of ether oxygens (including phenoxy) is 1. The number of nitro benzene ring substituents is 1. The summed E-state index contributed by atoms with van der Waals surface area (Å²) in [6, 6.07) is 10.4. The molecule has 0 radical (unpaired) electrons. The molecule has 0 bridgehead atoms. The summed E-state index contributed by atoms with van der Waals surface area (Å²) in [4.78, 5) is 31.7. The van der Waals surface area contributed by atoms with Crippen LogP contribution in [0.4, 0.5) is 21.7 Å². The first-order valence-corrected chi connectivity index (χ1v) is 266. The van der Waals surface area contributed by atoms with Crippen molar-refractivity contribution in [1.82, 2.24) is 14.5 Å². The van der Waals surface area contributed by atoms with Crippen molar-refractivity contribution < 1.29 is 18.8 Å². The molecule has 2 heterocycles. The summed E-state index contributed by atoms with van der Waals surface area (Å²) in [7, 11) is 1.28. The maximum absolute atomic E-state index is 14.0. The number of fused-ring (bicyclic) bond motifs is 1. The van der Waals surface area contributed by atoms with E-state index < -0.39 is 22.4 Å². The Morgan fingerprint density at radius 1 is 0.719 bits per heavy atom. The molecular formula is C24H20FK30N5O4. The van der Waals surface area contributed by atoms with Crippen LogP contribution in [0.15, 0.2) is 48.8 Å². The number of halogens is 1. The third kappa shape index (κ3) is 80.5. The van der Waals surface area contributed by atoms with Gasteiger partial charge in [0.25, 0.3) is 0 Å². The average Bonchev–Trinajstić information content (AvgIpc) is 4.20. The zero-order chi connectivity index (χ0) is 54.0. The average molecular weight is 1630 g/mol. The molecular weight excluding hydrogens is 1610 g/mol. The van der Waals surface area contributed by atoms with Gasteiger partial charge in [0.1, 0.15) is 5.56 Å². The Bertz CT molecular complexity index is 1530. The van der Waals surface area contributed by atoms with Crippen LogP contribution in [0, 0.1) is 22.9 Å². The Hall–Kier alpha value is 44.8. The predicted octanol–water partition coefficient (Wildman–Crippen LogP) is -6.10. The van der Waals surface area contributed by atoms with Gasteiger partial charge in [-0.25, -0.2) is 14.8 Å². The fourth-order valence-corrected chi connectivity index (χ4v) is 4.01. The molecule has 40 heteroatoms. The Kier molecular flexibility index (Phi) is 250. The number of esters is 1. The second-order valence-electron chi connectivity index (χ2n) is 8.15. The molecule has 1 aliphatic rings. The molecule has 1 fully saturated rings. The monoisotopic (exact) mass is 1630 g/mol. The molecule has 64 heavy (non-hydrogen) atoms. The van der Waals surface area contributed by atoms with Crippen molar-refractivity contribution in [3.63, 3.8) is 0 Å². The number of para-hydroxylation sites is 1. The second-order valence-corrected chi connectivity index (χ2v) is 8.15. The van der Waals surface area contributed by atoms with E-state index in [4.69, 9.17) is 4.74 Å². The van der Waals surface area contributed by atoms with Crippen molar-refractivity contribution in [2.75, 3.05) is 12.4 Å². The van der Waals surface area contributed by atoms with Crippen LogP contribution in [-0.4, -0.2) is 980 Å². The van der Waals surface area contributed by atoms with Gasteiger partial charge in [0, 0.05) is 41.0 Å². The van der Waals surface area contributed by atoms with Crippen LogP contribution in [0.5, 0.6) is 0 Å². The molecule has 5 rings (SSSR count). The van der Waals surface area contributed by atoms with E-state index in [2.05, 4.69) is 19.9 Å². The van der Waals surface area contributed by atoms with Crippen molar-refractivity contribution in [2.24, 2.45) is 0 Å². The Morgan fingerprint density at radius 2 is 1.12 bits per heavy atom. The summed E-state index contributed by atoms with van der Waals surface area (Å²) in [5.74, 6) is -1.41. The molecule has 1 N–H and O–H groups in total. The molecule has 9 nitrogen and oxygen atoms in total. The number of rotatable bonds is 6. The van der Waals surface area contributed by atoms with E-state index in [1.807, 2.05) is 30.5 Å². The summed E-state index contributed by atoms with van der Waals surface area (Å²) >= 11 is 37.5. The van der Waals surface area contributed by atoms with Crippen LogP contribution >= 0.6 is 0 Å². The van der Waals surface area contributed by atoms with Crippen LogP contribution in [-0.2, 0) is 4.74 Å². The number of anilines is 2. The third-order valence-corrected chi connectivity index (χ3v) is 5.87. The minimum atomic E-state index is -0.927. The van der Waals surface area contributed by atoms with Gasteiger partial charge in [-0.1, -0.05) is 18.2 Å². The molecule has 0 unspecified atom stereocenters. The summed E-state index contributed by atoms with van der Waals surface area (Å²) < 4.78 is 21.1. The number of hydrogen-bond acceptors (Lipinski definition) is 7. The molecule has 1 saturated carbocycles. The molecule has 0 atom stereocenters. The first kappa shape index (κ1) is 132. The van der Waals surface area contributed by atoms with E-state index in [0.29, 0.717) is 17.3 Å². The Morgan fingerprint density at radius 3 is 1.50 bits per heavy atom. The summed E-state index contributed by atoms with van der Waals surface area (Å²) in [5.41, 5.74) is 2.40. The van der Waals surface area contributed by atoms with Crippen LogP contribution in [0.3, 0.4) is 0 Å². The van der Waals surface area contributed by atoms with E-state index in [1.165, 1.54) is 961 Å². The van der Waals surface area contributed by atoms with E-state index >= 15 is 0 Å². The second kappa shape index (κ2) is 121. The molecule has 0 aliphatic heterocycles. The number of nitrogens with zero attached hydrogens (tertiary/aromatic N) is 4. The normalized spacial score (nSPS) is 8.86. The number of nitrogens with one attached hydrogen (secondary N) is 1. The van der Waals surface area contributed by atoms with E-state index in [0.717, 1.165) is 41.4 Å². The van der Waals surface area contributed by atoms with E-state index in [1.54, 1.807) is 6.92 Å². The number of carbonyl (C=O) groups is 1. The molecule has 0 spiro atoms. The van der Waals surface area contributed by atoms with Gasteiger partial charge in [-0.2, -0.15) is 4.39 Å². The molecule has 4 aromatic rings. The zero-order valence-corrected chi connectivity index (χ0v) is 142. The van der Waals surface area contributed by atoms with Gasteiger partial charge in [-0.15, -0.1) is 0 Å². The van der Waals surface area contributed by atoms with Gasteiger partial charge in [0.2, 0.25) is 11.8 Å². The minimum absolute atomic E-state index is 0.106. The van der Waals surface area contributed by atoms with Gasteiger partial charge in [-0.05, 0) is 37.5 Å². The van der Waals surface area contributed by atoms with Gasteiger partial charge >= 0.3 is 959 Å². The molecule has 202 valence electrons. The van der Waals surface area contributed by atoms with Crippen molar-refractivity contribution in [3.05, 3.63) is 75.9 Å². The number of methoxy groups -OCH3 is 1. The first-order chi connectivity index (χ1) is 31.4. The number of carbonyl (C=O) groups excluding carboxylic acids is 1. The summed E-state index contributed by atoms with van der Waals surface area (Å²) in [5, 5.41) is 15.0. The molecule has 1 aliphatic carbocycles.